The van der Waals surface area contributed by atoms with Crippen LogP contribution >= 0.6 is 0 Å². The van der Waals surface area contributed by atoms with E-state index in [2.05, 4.69) is 29.0 Å². The third-order valence-corrected chi connectivity index (χ3v) is 5.12. The van der Waals surface area contributed by atoms with Gasteiger partial charge in [-0.25, -0.2) is 0 Å². The fraction of sp³-hybridized carbons (Fsp3) is 0.261. The molecule has 2 heterocycles. The second-order valence-corrected chi connectivity index (χ2v) is 6.74. The Bertz CT molecular complexity index is 965. The van der Waals surface area contributed by atoms with Crippen molar-refractivity contribution in [3.63, 3.8) is 0 Å². The van der Waals surface area contributed by atoms with Gasteiger partial charge in [0.25, 0.3) is 5.91 Å². The normalized spacial score (nSPS) is 15.8. The Hall–Kier alpha value is -3.21. The number of carbonyl (C=O) groups is 1. The van der Waals surface area contributed by atoms with Gasteiger partial charge in [0.1, 0.15) is 0 Å². The Morgan fingerprint density at radius 3 is 2.61 bits per heavy atom. The van der Waals surface area contributed by atoms with Gasteiger partial charge in [0.05, 0.1) is 19.8 Å². The van der Waals surface area contributed by atoms with Crippen molar-refractivity contribution >= 4 is 5.91 Å². The molecule has 28 heavy (non-hydrogen) atoms. The van der Waals surface area contributed by atoms with Gasteiger partial charge in [-0.15, -0.1) is 0 Å². The zero-order chi connectivity index (χ0) is 19.5. The number of benzene rings is 2. The molecule has 0 radical (unpaired) electrons. The first-order valence-corrected chi connectivity index (χ1v) is 9.54. The summed E-state index contributed by atoms with van der Waals surface area (Å²) in [7, 11) is 1.59. The van der Waals surface area contributed by atoms with Crippen LogP contribution in [0.15, 0.2) is 66.9 Å². The average Bonchev–Trinajstić information content (AvgIpc) is 3.22. The van der Waals surface area contributed by atoms with E-state index in [-0.39, 0.29) is 11.9 Å². The van der Waals surface area contributed by atoms with Gasteiger partial charge >= 0.3 is 0 Å². The first-order valence-electron chi connectivity index (χ1n) is 9.54. The molecule has 0 spiro atoms. The summed E-state index contributed by atoms with van der Waals surface area (Å²) in [4.78, 5) is 15.4. The first-order chi connectivity index (χ1) is 13.7. The van der Waals surface area contributed by atoms with Crippen LogP contribution in [0.2, 0.25) is 0 Å². The molecule has 5 heteroatoms. The number of aromatic nitrogens is 1. The standard InChI is InChI=1S/C23H24N2O3/c1-3-28-20-12-11-18(16-21(20)27-2)23(26)25-15-14-24-13-7-10-19(24)22(25)17-8-5-4-6-9-17/h4-13,16,22H,3,14-15H2,1-2H3/t22-/m1/s1. The number of amides is 1. The second kappa shape index (κ2) is 7.80. The number of rotatable bonds is 5. The minimum Gasteiger partial charge on any atom is -0.493 e. The Morgan fingerprint density at radius 2 is 1.86 bits per heavy atom. The summed E-state index contributed by atoms with van der Waals surface area (Å²) in [6.07, 6.45) is 2.08. The number of hydrogen-bond acceptors (Lipinski definition) is 3. The zero-order valence-electron chi connectivity index (χ0n) is 16.2. The van der Waals surface area contributed by atoms with E-state index in [1.54, 1.807) is 19.2 Å². The van der Waals surface area contributed by atoms with Gasteiger partial charge in [-0.3, -0.25) is 4.79 Å². The summed E-state index contributed by atoms with van der Waals surface area (Å²) >= 11 is 0. The minimum atomic E-state index is -0.116. The number of ether oxygens (including phenoxy) is 2. The summed E-state index contributed by atoms with van der Waals surface area (Å²) in [6.45, 7) is 3.90. The topological polar surface area (TPSA) is 43.7 Å². The maximum Gasteiger partial charge on any atom is 0.254 e. The summed E-state index contributed by atoms with van der Waals surface area (Å²) < 4.78 is 13.2. The van der Waals surface area contributed by atoms with Crippen molar-refractivity contribution in [2.24, 2.45) is 0 Å². The molecule has 1 amide bonds. The summed E-state index contributed by atoms with van der Waals surface area (Å²) in [5, 5.41) is 0. The zero-order valence-corrected chi connectivity index (χ0v) is 16.2. The molecule has 1 aromatic heterocycles. The van der Waals surface area contributed by atoms with E-state index in [1.807, 2.05) is 42.2 Å². The molecular weight excluding hydrogens is 352 g/mol. The van der Waals surface area contributed by atoms with Crippen LogP contribution < -0.4 is 9.47 Å². The van der Waals surface area contributed by atoms with Crippen LogP contribution in [0.25, 0.3) is 0 Å². The first kappa shape index (κ1) is 18.2. The average molecular weight is 376 g/mol. The van der Waals surface area contributed by atoms with Crippen molar-refractivity contribution < 1.29 is 14.3 Å². The lowest BCUT2D eigenvalue weighted by atomic mass is 9.99. The highest BCUT2D eigenvalue weighted by Crippen LogP contribution is 2.35. The van der Waals surface area contributed by atoms with Crippen molar-refractivity contribution in [3.05, 3.63) is 83.7 Å². The summed E-state index contributed by atoms with van der Waals surface area (Å²) in [5.41, 5.74) is 2.83. The van der Waals surface area contributed by atoms with Crippen LogP contribution in [0.1, 0.15) is 34.6 Å². The SMILES string of the molecule is CCOc1ccc(C(=O)N2CCn3cccc3[C@H]2c2ccccc2)cc1OC. The highest BCUT2D eigenvalue weighted by atomic mass is 16.5. The maximum absolute atomic E-state index is 13.5. The molecule has 0 unspecified atom stereocenters. The van der Waals surface area contributed by atoms with E-state index in [4.69, 9.17) is 9.47 Å². The Balaban J connectivity index is 1.72. The van der Waals surface area contributed by atoms with E-state index < -0.39 is 0 Å². The third kappa shape index (κ3) is 3.24. The van der Waals surface area contributed by atoms with Gasteiger partial charge < -0.3 is 18.9 Å². The Labute approximate surface area is 165 Å². The molecular formula is C23H24N2O3. The van der Waals surface area contributed by atoms with Gasteiger partial charge in [-0.05, 0) is 42.8 Å². The van der Waals surface area contributed by atoms with Crippen LogP contribution in [0.5, 0.6) is 11.5 Å². The van der Waals surface area contributed by atoms with Gasteiger partial charge in [-0.1, -0.05) is 30.3 Å². The number of carbonyl (C=O) groups excluding carboxylic acids is 1. The highest BCUT2D eigenvalue weighted by Gasteiger charge is 2.32. The number of hydrogen-bond donors (Lipinski definition) is 0. The second-order valence-electron chi connectivity index (χ2n) is 6.74. The smallest absolute Gasteiger partial charge is 0.254 e. The third-order valence-electron chi connectivity index (χ3n) is 5.12. The molecule has 0 saturated carbocycles. The van der Waals surface area contributed by atoms with Crippen molar-refractivity contribution in [1.29, 1.82) is 0 Å². The molecule has 0 fully saturated rings. The lowest BCUT2D eigenvalue weighted by Crippen LogP contribution is -2.42. The molecule has 1 atom stereocenters. The molecule has 0 saturated heterocycles. The minimum absolute atomic E-state index is 0.0114. The molecule has 2 aromatic carbocycles. The summed E-state index contributed by atoms with van der Waals surface area (Å²) in [5.74, 6) is 1.21. The van der Waals surface area contributed by atoms with Crippen molar-refractivity contribution in [3.8, 4) is 11.5 Å². The van der Waals surface area contributed by atoms with Crippen LogP contribution in [-0.2, 0) is 6.54 Å². The number of fused-ring (bicyclic) bond motifs is 1. The molecule has 0 bridgehead atoms. The fourth-order valence-electron chi connectivity index (χ4n) is 3.83. The fourth-order valence-corrected chi connectivity index (χ4v) is 3.83. The van der Waals surface area contributed by atoms with Gasteiger partial charge in [-0.2, -0.15) is 0 Å². The van der Waals surface area contributed by atoms with E-state index >= 15 is 0 Å². The lowest BCUT2D eigenvalue weighted by molar-refractivity contribution is 0.0663. The summed E-state index contributed by atoms with van der Waals surface area (Å²) in [6, 6.07) is 19.6. The maximum atomic E-state index is 13.5. The molecule has 0 aliphatic carbocycles. The van der Waals surface area contributed by atoms with Crippen LogP contribution in [0.3, 0.4) is 0 Å². The van der Waals surface area contributed by atoms with Crippen molar-refractivity contribution in [2.45, 2.75) is 19.5 Å². The van der Waals surface area contributed by atoms with Crippen LogP contribution in [0, 0.1) is 0 Å². The molecule has 1 aliphatic heterocycles. The van der Waals surface area contributed by atoms with Gasteiger partial charge in [0, 0.05) is 30.5 Å². The number of nitrogens with zero attached hydrogens (tertiary/aromatic N) is 2. The van der Waals surface area contributed by atoms with E-state index in [0.29, 0.717) is 30.2 Å². The van der Waals surface area contributed by atoms with Gasteiger partial charge in [0.15, 0.2) is 11.5 Å². The molecule has 4 rings (SSSR count). The lowest BCUT2D eigenvalue weighted by Gasteiger charge is -2.37. The highest BCUT2D eigenvalue weighted by molar-refractivity contribution is 5.95. The van der Waals surface area contributed by atoms with E-state index in [0.717, 1.165) is 17.8 Å². The molecule has 1 aliphatic rings. The van der Waals surface area contributed by atoms with Gasteiger partial charge in [0.2, 0.25) is 0 Å². The predicted octanol–water partition coefficient (Wildman–Crippen LogP) is 4.14. The molecule has 3 aromatic rings. The van der Waals surface area contributed by atoms with Crippen molar-refractivity contribution in [2.75, 3.05) is 20.3 Å². The van der Waals surface area contributed by atoms with Crippen LogP contribution in [-0.4, -0.2) is 35.6 Å². The quantitative estimate of drug-likeness (QED) is 0.672. The van der Waals surface area contributed by atoms with E-state index in [1.165, 1.54) is 0 Å². The monoisotopic (exact) mass is 376 g/mol. The molecule has 0 N–H and O–H groups in total. The Morgan fingerprint density at radius 1 is 1.04 bits per heavy atom. The largest absolute Gasteiger partial charge is 0.493 e. The number of methoxy groups -OCH3 is 1. The Kier molecular flexibility index (Phi) is 5.06. The molecule has 5 nitrogen and oxygen atoms in total. The van der Waals surface area contributed by atoms with Crippen molar-refractivity contribution in [1.82, 2.24) is 9.47 Å². The molecule has 144 valence electrons. The van der Waals surface area contributed by atoms with Crippen LogP contribution in [0.4, 0.5) is 0 Å². The predicted molar refractivity (Wildman–Crippen MR) is 108 cm³/mol. The van der Waals surface area contributed by atoms with E-state index in [9.17, 15) is 4.79 Å².